The van der Waals surface area contributed by atoms with Crippen molar-refractivity contribution in [1.82, 2.24) is 5.32 Å². The summed E-state index contributed by atoms with van der Waals surface area (Å²) in [5, 5.41) is 5.88. The first-order valence-corrected chi connectivity index (χ1v) is 7.83. The van der Waals surface area contributed by atoms with E-state index >= 15 is 0 Å². The molecule has 0 spiro atoms. The summed E-state index contributed by atoms with van der Waals surface area (Å²) in [5.41, 5.74) is 2.12. The van der Waals surface area contributed by atoms with Gasteiger partial charge in [0.25, 0.3) is 5.91 Å². The van der Waals surface area contributed by atoms with Crippen LogP contribution in [0, 0.1) is 0 Å². The number of anilines is 1. The van der Waals surface area contributed by atoms with Gasteiger partial charge in [-0.3, -0.25) is 9.59 Å². The van der Waals surface area contributed by atoms with E-state index in [-0.39, 0.29) is 5.91 Å². The van der Waals surface area contributed by atoms with E-state index in [0.29, 0.717) is 17.7 Å². The van der Waals surface area contributed by atoms with Gasteiger partial charge in [0.2, 0.25) is 0 Å². The lowest BCUT2D eigenvalue weighted by Crippen LogP contribution is -2.22. The van der Waals surface area contributed by atoms with Crippen molar-refractivity contribution in [1.29, 1.82) is 0 Å². The number of nitrogens with one attached hydrogen (secondary N) is 2. The van der Waals surface area contributed by atoms with Crippen LogP contribution in [0.4, 0.5) is 5.69 Å². The molecule has 0 bridgehead atoms. The molecule has 0 saturated heterocycles. The highest BCUT2D eigenvalue weighted by atomic mass is 32.2. The maximum absolute atomic E-state index is 11.9. The molecule has 5 heteroatoms. The number of rotatable bonds is 6. The number of carbonyl (C=O) groups excluding carboxylic acids is 2. The summed E-state index contributed by atoms with van der Waals surface area (Å²) in [5.74, 6) is -0.0937. The van der Waals surface area contributed by atoms with Crippen molar-refractivity contribution in [3.63, 3.8) is 0 Å². The Hall–Kier alpha value is -2.27. The Morgan fingerprint density at radius 1 is 1.18 bits per heavy atom. The van der Waals surface area contributed by atoms with Crippen molar-refractivity contribution in [2.24, 2.45) is 0 Å². The molecule has 2 aromatic rings. The third kappa shape index (κ3) is 3.68. The average Bonchev–Trinajstić information content (AvgIpc) is 2.56. The first-order valence-electron chi connectivity index (χ1n) is 7.01. The lowest BCUT2D eigenvalue weighted by atomic mass is 10.2. The molecule has 1 amide bonds. The van der Waals surface area contributed by atoms with Crippen molar-refractivity contribution < 1.29 is 9.59 Å². The maximum atomic E-state index is 11.9. The van der Waals surface area contributed by atoms with Gasteiger partial charge in [-0.1, -0.05) is 30.0 Å². The van der Waals surface area contributed by atoms with Crippen LogP contribution in [-0.2, 0) is 0 Å². The van der Waals surface area contributed by atoms with Gasteiger partial charge >= 0.3 is 0 Å². The summed E-state index contributed by atoms with van der Waals surface area (Å²) in [6, 6.07) is 12.9. The molecule has 2 N–H and O–H groups in total. The molecule has 0 aliphatic carbocycles. The molecular weight excluding hydrogens is 296 g/mol. The minimum absolute atomic E-state index is 0.0937. The summed E-state index contributed by atoms with van der Waals surface area (Å²) < 4.78 is 0. The van der Waals surface area contributed by atoms with Crippen LogP contribution in [0.5, 0.6) is 0 Å². The van der Waals surface area contributed by atoms with Crippen LogP contribution in [0.25, 0.3) is 0 Å². The van der Waals surface area contributed by atoms with Crippen LogP contribution in [0.1, 0.15) is 27.6 Å². The SMILES string of the molecule is CCNC(=O)c1ccc(Sc2ccccc2C=O)c(NC)c1. The van der Waals surface area contributed by atoms with E-state index in [1.165, 1.54) is 11.8 Å². The number of benzene rings is 2. The Labute approximate surface area is 134 Å². The Morgan fingerprint density at radius 2 is 1.95 bits per heavy atom. The second-order valence-corrected chi connectivity index (χ2v) is 5.66. The van der Waals surface area contributed by atoms with Gasteiger partial charge in [-0.25, -0.2) is 0 Å². The Kier molecular flexibility index (Phi) is 5.61. The molecule has 4 nitrogen and oxygen atoms in total. The molecular formula is C17H18N2O2S. The van der Waals surface area contributed by atoms with Gasteiger partial charge in [-0.15, -0.1) is 0 Å². The first-order chi connectivity index (χ1) is 10.7. The van der Waals surface area contributed by atoms with Crippen LogP contribution in [0.2, 0.25) is 0 Å². The Morgan fingerprint density at radius 3 is 2.64 bits per heavy atom. The van der Waals surface area contributed by atoms with Crippen LogP contribution in [-0.4, -0.2) is 25.8 Å². The molecule has 114 valence electrons. The molecule has 0 unspecified atom stereocenters. The standard InChI is InChI=1S/C17H18N2O2S/c1-3-19-17(21)12-8-9-16(14(10-12)18-2)22-15-7-5-4-6-13(15)11-20/h4-11,18H,3H2,1-2H3,(H,19,21). The fraction of sp³-hybridized carbons (Fsp3) is 0.176. The Bertz CT molecular complexity index is 686. The molecule has 0 heterocycles. The normalized spacial score (nSPS) is 10.1. The number of carbonyl (C=O) groups is 2. The van der Waals surface area contributed by atoms with E-state index in [1.807, 2.05) is 44.3 Å². The second kappa shape index (κ2) is 7.66. The summed E-state index contributed by atoms with van der Waals surface area (Å²) in [6.07, 6.45) is 0.852. The van der Waals surface area contributed by atoms with E-state index in [4.69, 9.17) is 0 Å². The van der Waals surface area contributed by atoms with Crippen LogP contribution >= 0.6 is 11.8 Å². The number of aldehydes is 1. The van der Waals surface area contributed by atoms with Crippen molar-refractivity contribution in [3.8, 4) is 0 Å². The molecule has 0 aliphatic rings. The molecule has 22 heavy (non-hydrogen) atoms. The van der Waals surface area contributed by atoms with Crippen LogP contribution in [0.3, 0.4) is 0 Å². The van der Waals surface area contributed by atoms with Crippen molar-refractivity contribution >= 4 is 29.6 Å². The van der Waals surface area contributed by atoms with Gasteiger partial charge in [0.15, 0.2) is 6.29 Å². The molecule has 2 rings (SSSR count). The summed E-state index contributed by atoms with van der Waals surface area (Å²) in [6.45, 7) is 2.48. The summed E-state index contributed by atoms with van der Waals surface area (Å²) >= 11 is 1.50. The van der Waals surface area contributed by atoms with Gasteiger partial charge in [-0.05, 0) is 31.2 Å². The highest BCUT2D eigenvalue weighted by Gasteiger charge is 2.11. The summed E-state index contributed by atoms with van der Waals surface area (Å²) in [4.78, 5) is 24.8. The minimum atomic E-state index is -0.0937. The topological polar surface area (TPSA) is 58.2 Å². The lowest BCUT2D eigenvalue weighted by Gasteiger charge is -2.12. The Balaban J connectivity index is 2.31. The van der Waals surface area contributed by atoms with Gasteiger partial charge < -0.3 is 10.6 Å². The van der Waals surface area contributed by atoms with E-state index in [1.54, 1.807) is 12.1 Å². The molecule has 0 radical (unpaired) electrons. The molecule has 0 aromatic heterocycles. The molecule has 0 atom stereocenters. The van der Waals surface area contributed by atoms with Gasteiger partial charge in [0, 0.05) is 40.2 Å². The second-order valence-electron chi connectivity index (χ2n) is 4.58. The molecule has 2 aromatic carbocycles. The zero-order valence-corrected chi connectivity index (χ0v) is 13.4. The third-order valence-corrected chi connectivity index (χ3v) is 4.28. The lowest BCUT2D eigenvalue weighted by molar-refractivity contribution is 0.0955. The quantitative estimate of drug-likeness (QED) is 0.802. The smallest absolute Gasteiger partial charge is 0.251 e. The highest BCUT2D eigenvalue weighted by Crippen LogP contribution is 2.35. The van der Waals surface area contributed by atoms with Crippen molar-refractivity contribution in [3.05, 3.63) is 53.6 Å². The van der Waals surface area contributed by atoms with Gasteiger partial charge in [0.1, 0.15) is 0 Å². The molecule has 0 fully saturated rings. The highest BCUT2D eigenvalue weighted by molar-refractivity contribution is 7.99. The molecule has 0 saturated carbocycles. The van der Waals surface area contributed by atoms with E-state index in [2.05, 4.69) is 10.6 Å². The van der Waals surface area contributed by atoms with Crippen LogP contribution < -0.4 is 10.6 Å². The van der Waals surface area contributed by atoms with E-state index in [0.717, 1.165) is 21.8 Å². The third-order valence-electron chi connectivity index (χ3n) is 3.11. The number of amides is 1. The zero-order chi connectivity index (χ0) is 15.9. The zero-order valence-electron chi connectivity index (χ0n) is 12.6. The number of hydrogen-bond acceptors (Lipinski definition) is 4. The number of hydrogen-bond donors (Lipinski definition) is 2. The fourth-order valence-electron chi connectivity index (χ4n) is 2.01. The first kappa shape index (κ1) is 16.1. The van der Waals surface area contributed by atoms with Crippen LogP contribution in [0.15, 0.2) is 52.3 Å². The predicted molar refractivity (Wildman–Crippen MR) is 89.9 cm³/mol. The average molecular weight is 314 g/mol. The summed E-state index contributed by atoms with van der Waals surface area (Å²) in [7, 11) is 1.81. The molecule has 0 aliphatic heterocycles. The fourth-order valence-corrected chi connectivity index (χ4v) is 3.03. The van der Waals surface area contributed by atoms with E-state index in [9.17, 15) is 9.59 Å². The van der Waals surface area contributed by atoms with Crippen molar-refractivity contribution in [2.45, 2.75) is 16.7 Å². The van der Waals surface area contributed by atoms with Gasteiger partial charge in [0.05, 0.1) is 0 Å². The van der Waals surface area contributed by atoms with Crippen molar-refractivity contribution in [2.75, 3.05) is 18.9 Å². The minimum Gasteiger partial charge on any atom is -0.387 e. The largest absolute Gasteiger partial charge is 0.387 e. The predicted octanol–water partition coefficient (Wildman–Crippen LogP) is 3.44. The van der Waals surface area contributed by atoms with Gasteiger partial charge in [-0.2, -0.15) is 0 Å². The maximum Gasteiger partial charge on any atom is 0.251 e. The monoisotopic (exact) mass is 314 g/mol. The van der Waals surface area contributed by atoms with E-state index < -0.39 is 0 Å².